The fourth-order valence-corrected chi connectivity index (χ4v) is 4.06. The Bertz CT molecular complexity index is 779. The number of carbonyl (C=O) groups is 1. The van der Waals surface area contributed by atoms with Crippen LogP contribution in [0.4, 0.5) is 10.5 Å². The minimum absolute atomic E-state index is 0.0405. The van der Waals surface area contributed by atoms with Crippen LogP contribution in [0.15, 0.2) is 59.1 Å². The van der Waals surface area contributed by atoms with E-state index in [1.54, 1.807) is 0 Å². The molecule has 2 aliphatic rings. The molecule has 0 radical (unpaired) electrons. The first-order chi connectivity index (χ1) is 13.2. The lowest BCUT2D eigenvalue weighted by Crippen LogP contribution is -2.55. The van der Waals surface area contributed by atoms with Crippen molar-refractivity contribution in [2.45, 2.75) is 18.6 Å². The highest BCUT2D eigenvalue weighted by Crippen LogP contribution is 2.25. The standard InChI is InChI=1S/C20H24BrN5O/c21-16-8-4-5-9-17(16)22-20(27)26-12-10-25(11-13-26)19-14-18(23-24-19)15-6-2-1-3-7-15/h1-9,18-19,23-24H,10-14H2,(H,22,27). The molecule has 2 aliphatic heterocycles. The zero-order valence-electron chi connectivity index (χ0n) is 15.1. The van der Waals surface area contributed by atoms with Gasteiger partial charge in [0.2, 0.25) is 0 Å². The van der Waals surface area contributed by atoms with Gasteiger partial charge in [0.1, 0.15) is 0 Å². The maximum Gasteiger partial charge on any atom is 0.321 e. The van der Waals surface area contributed by atoms with Crippen molar-refractivity contribution in [2.24, 2.45) is 0 Å². The summed E-state index contributed by atoms with van der Waals surface area (Å²) in [4.78, 5) is 16.8. The Morgan fingerprint density at radius 2 is 1.67 bits per heavy atom. The van der Waals surface area contributed by atoms with E-state index in [4.69, 9.17) is 0 Å². The predicted octanol–water partition coefficient (Wildman–Crippen LogP) is 3.16. The Morgan fingerprint density at radius 1 is 0.963 bits per heavy atom. The molecule has 27 heavy (non-hydrogen) atoms. The van der Waals surface area contributed by atoms with Crippen molar-refractivity contribution in [3.05, 3.63) is 64.6 Å². The van der Waals surface area contributed by atoms with Crippen molar-refractivity contribution >= 4 is 27.6 Å². The van der Waals surface area contributed by atoms with E-state index in [1.807, 2.05) is 35.2 Å². The number of nitrogens with one attached hydrogen (secondary N) is 3. The highest BCUT2D eigenvalue weighted by Gasteiger charge is 2.32. The van der Waals surface area contributed by atoms with Crippen LogP contribution in [0, 0.1) is 0 Å². The molecule has 0 saturated carbocycles. The summed E-state index contributed by atoms with van der Waals surface area (Å²) < 4.78 is 0.894. The number of rotatable bonds is 3. The molecule has 142 valence electrons. The number of hydrogen-bond donors (Lipinski definition) is 3. The highest BCUT2D eigenvalue weighted by molar-refractivity contribution is 9.10. The van der Waals surface area contributed by atoms with Gasteiger partial charge in [-0.2, -0.15) is 0 Å². The Morgan fingerprint density at radius 3 is 2.41 bits per heavy atom. The minimum Gasteiger partial charge on any atom is -0.322 e. The van der Waals surface area contributed by atoms with Gasteiger partial charge in [0.25, 0.3) is 0 Å². The third-order valence-corrected chi connectivity index (χ3v) is 5.93. The summed E-state index contributed by atoms with van der Waals surface area (Å²) in [6.07, 6.45) is 1.32. The molecule has 2 saturated heterocycles. The Hall–Kier alpha value is -1.93. The van der Waals surface area contributed by atoms with Crippen LogP contribution in [-0.2, 0) is 0 Å². The minimum atomic E-state index is -0.0405. The number of nitrogens with zero attached hydrogens (tertiary/aromatic N) is 2. The maximum absolute atomic E-state index is 12.5. The smallest absolute Gasteiger partial charge is 0.321 e. The number of benzene rings is 2. The molecular formula is C20H24BrN5O. The summed E-state index contributed by atoms with van der Waals surface area (Å²) in [6.45, 7) is 3.18. The first kappa shape index (κ1) is 18.4. The molecule has 0 aliphatic carbocycles. The second-order valence-electron chi connectivity index (χ2n) is 6.94. The lowest BCUT2D eigenvalue weighted by Gasteiger charge is -2.37. The number of hydrazine groups is 1. The summed E-state index contributed by atoms with van der Waals surface area (Å²) in [6, 6.07) is 18.5. The van der Waals surface area contributed by atoms with Gasteiger partial charge >= 0.3 is 6.03 Å². The fourth-order valence-electron chi connectivity index (χ4n) is 3.68. The molecule has 6 nitrogen and oxygen atoms in total. The van der Waals surface area contributed by atoms with E-state index in [1.165, 1.54) is 5.56 Å². The van der Waals surface area contributed by atoms with E-state index in [0.717, 1.165) is 42.8 Å². The van der Waals surface area contributed by atoms with Crippen LogP contribution in [0.1, 0.15) is 18.0 Å². The fraction of sp³-hybridized carbons (Fsp3) is 0.350. The van der Waals surface area contributed by atoms with Gasteiger partial charge in [0.05, 0.1) is 11.9 Å². The molecule has 3 N–H and O–H groups in total. The molecule has 7 heteroatoms. The zero-order valence-corrected chi connectivity index (χ0v) is 16.7. The van der Waals surface area contributed by atoms with Crippen LogP contribution >= 0.6 is 15.9 Å². The average molecular weight is 430 g/mol. The molecule has 2 aromatic carbocycles. The number of halogens is 1. The zero-order chi connectivity index (χ0) is 18.6. The molecule has 2 amide bonds. The molecular weight excluding hydrogens is 406 g/mol. The summed E-state index contributed by atoms with van der Waals surface area (Å²) in [5.74, 6) is 0. The van der Waals surface area contributed by atoms with E-state index in [2.05, 4.69) is 61.3 Å². The number of anilines is 1. The SMILES string of the molecule is O=C(Nc1ccccc1Br)N1CCN(C2CC(c3ccccc3)NN2)CC1. The molecule has 2 heterocycles. The Kier molecular flexibility index (Phi) is 5.73. The van der Waals surface area contributed by atoms with E-state index < -0.39 is 0 Å². The predicted molar refractivity (Wildman–Crippen MR) is 110 cm³/mol. The van der Waals surface area contributed by atoms with E-state index in [9.17, 15) is 4.79 Å². The molecule has 2 aromatic rings. The van der Waals surface area contributed by atoms with Crippen LogP contribution in [-0.4, -0.2) is 48.2 Å². The van der Waals surface area contributed by atoms with Crippen LogP contribution < -0.4 is 16.2 Å². The van der Waals surface area contributed by atoms with E-state index >= 15 is 0 Å². The third-order valence-electron chi connectivity index (χ3n) is 5.24. The lowest BCUT2D eigenvalue weighted by molar-refractivity contribution is 0.103. The molecule has 2 unspecified atom stereocenters. The summed E-state index contributed by atoms with van der Waals surface area (Å²) in [5.41, 5.74) is 8.93. The van der Waals surface area contributed by atoms with Crippen molar-refractivity contribution in [2.75, 3.05) is 31.5 Å². The number of piperazine rings is 1. The normalized spacial score (nSPS) is 23.4. The molecule has 2 atom stereocenters. The van der Waals surface area contributed by atoms with Gasteiger partial charge < -0.3 is 10.2 Å². The van der Waals surface area contributed by atoms with Crippen molar-refractivity contribution in [3.8, 4) is 0 Å². The van der Waals surface area contributed by atoms with Gasteiger partial charge in [-0.15, -0.1) is 0 Å². The molecule has 2 fully saturated rings. The first-order valence-electron chi connectivity index (χ1n) is 9.31. The van der Waals surface area contributed by atoms with Crippen molar-refractivity contribution in [1.82, 2.24) is 20.7 Å². The van der Waals surface area contributed by atoms with Crippen molar-refractivity contribution in [3.63, 3.8) is 0 Å². The summed E-state index contributed by atoms with van der Waals surface area (Å²) >= 11 is 3.47. The lowest BCUT2D eigenvalue weighted by atomic mass is 10.0. The van der Waals surface area contributed by atoms with Gasteiger partial charge in [-0.1, -0.05) is 42.5 Å². The van der Waals surface area contributed by atoms with E-state index in [-0.39, 0.29) is 6.03 Å². The highest BCUT2D eigenvalue weighted by atomic mass is 79.9. The second-order valence-corrected chi connectivity index (χ2v) is 7.79. The average Bonchev–Trinajstić information content (AvgIpc) is 3.21. The topological polar surface area (TPSA) is 59.6 Å². The number of carbonyl (C=O) groups excluding carboxylic acids is 1. The van der Waals surface area contributed by atoms with Crippen LogP contribution in [0.5, 0.6) is 0 Å². The van der Waals surface area contributed by atoms with Crippen molar-refractivity contribution < 1.29 is 4.79 Å². The quantitative estimate of drug-likeness (QED) is 0.701. The Labute approximate surface area is 168 Å². The van der Waals surface area contributed by atoms with Crippen LogP contribution in [0.2, 0.25) is 0 Å². The van der Waals surface area contributed by atoms with Gasteiger partial charge in [-0.25, -0.2) is 15.6 Å². The summed E-state index contributed by atoms with van der Waals surface area (Å²) in [7, 11) is 0. The maximum atomic E-state index is 12.5. The van der Waals surface area contributed by atoms with Crippen molar-refractivity contribution in [1.29, 1.82) is 0 Å². The number of para-hydroxylation sites is 1. The molecule has 0 aromatic heterocycles. The molecule has 0 bridgehead atoms. The second kappa shape index (κ2) is 8.39. The van der Waals surface area contributed by atoms with Gasteiger partial charge in [-0.05, 0) is 40.0 Å². The third kappa shape index (κ3) is 4.32. The molecule has 0 spiro atoms. The Balaban J connectivity index is 1.28. The number of amides is 2. The van der Waals surface area contributed by atoms with Gasteiger partial charge in [-0.3, -0.25) is 4.90 Å². The molecule has 4 rings (SSSR count). The van der Waals surface area contributed by atoms with Crippen LogP contribution in [0.25, 0.3) is 0 Å². The van der Waals surface area contributed by atoms with E-state index in [0.29, 0.717) is 12.2 Å². The van der Waals surface area contributed by atoms with Gasteiger partial charge in [0, 0.05) is 36.7 Å². The number of hydrogen-bond acceptors (Lipinski definition) is 4. The number of urea groups is 1. The van der Waals surface area contributed by atoms with Gasteiger partial charge in [0.15, 0.2) is 0 Å². The first-order valence-corrected chi connectivity index (χ1v) is 10.1. The van der Waals surface area contributed by atoms with Crippen LogP contribution in [0.3, 0.4) is 0 Å². The summed E-state index contributed by atoms with van der Waals surface area (Å²) in [5, 5.41) is 2.99. The monoisotopic (exact) mass is 429 g/mol. The largest absolute Gasteiger partial charge is 0.322 e.